The predicted octanol–water partition coefficient (Wildman–Crippen LogP) is 0.107. The van der Waals surface area contributed by atoms with E-state index >= 15 is 0 Å². The van der Waals surface area contributed by atoms with Gasteiger partial charge in [0.15, 0.2) is 17.3 Å². The van der Waals surface area contributed by atoms with Gasteiger partial charge in [-0.2, -0.15) is 0 Å². The van der Waals surface area contributed by atoms with Gasteiger partial charge >= 0.3 is 0 Å². The zero-order valence-corrected chi connectivity index (χ0v) is 26.9. The number of rotatable bonds is 10. The molecule has 0 radical (unpaired) electrons. The quantitative estimate of drug-likeness (QED) is 0.272. The molecule has 3 N–H and O–H groups in total. The van der Waals surface area contributed by atoms with Crippen molar-refractivity contribution in [2.45, 2.75) is 37.0 Å². The number of benzene rings is 1. The number of piperidine rings is 1. The molecule has 1 aliphatic heterocycles. The zero-order chi connectivity index (χ0) is 31.6. The minimum Gasteiger partial charge on any atom is -0.494 e. The van der Waals surface area contributed by atoms with Crippen molar-refractivity contribution in [1.82, 2.24) is 30.3 Å². The first-order chi connectivity index (χ1) is 20.9. The molecule has 3 amide bonds. The fourth-order valence-corrected chi connectivity index (χ4v) is 6.00. The number of carbonyl (C=O) groups excluding carboxylic acids is 3. The van der Waals surface area contributed by atoms with Gasteiger partial charge in [-0.1, -0.05) is 6.07 Å². The Hall–Kier alpha value is -3.91. The topological polar surface area (TPSA) is 142 Å². The maximum Gasteiger partial charge on any atom is 0.272 e. The van der Waals surface area contributed by atoms with Crippen LogP contribution in [-0.4, -0.2) is 112 Å². The van der Waals surface area contributed by atoms with E-state index in [1.54, 1.807) is 19.4 Å². The molecule has 2 aromatic heterocycles. The second-order valence-electron chi connectivity index (χ2n) is 12.5. The largest absolute Gasteiger partial charge is 0.494 e. The molecule has 44 heavy (non-hydrogen) atoms. The summed E-state index contributed by atoms with van der Waals surface area (Å²) in [7, 11) is 11.3. The standard InChI is InChI=1S/C28H37B3N8O4S/c1-38(2)16-9-11-39(12-10-16)27(42)20-14-32-26(44-20)17-5-4-6-18(23(17)43-3)33-19-13-21(34-24(40)15-7-8-15)36-37-22(19)25(41)35-28(29,30)31/h4-6,13-16H,7-12,29-31H2,1-3H3,(H,35,41)(H2,33,34,36,40). The molecule has 2 aliphatic rings. The van der Waals surface area contributed by atoms with Gasteiger partial charge in [0.1, 0.15) is 33.4 Å². The lowest BCUT2D eigenvalue weighted by atomic mass is 9.49. The average Bonchev–Trinajstić information content (AvgIpc) is 3.72. The van der Waals surface area contributed by atoms with E-state index in [0.29, 0.717) is 51.7 Å². The van der Waals surface area contributed by atoms with Crippen LogP contribution in [0.5, 0.6) is 5.75 Å². The monoisotopic (exact) mass is 614 g/mol. The van der Waals surface area contributed by atoms with E-state index in [9.17, 15) is 14.4 Å². The van der Waals surface area contributed by atoms with Crippen molar-refractivity contribution < 1.29 is 19.1 Å². The van der Waals surface area contributed by atoms with E-state index in [1.807, 2.05) is 46.6 Å². The smallest absolute Gasteiger partial charge is 0.272 e. The second kappa shape index (κ2) is 13.0. The van der Waals surface area contributed by atoms with Gasteiger partial charge in [0.2, 0.25) is 5.91 Å². The van der Waals surface area contributed by atoms with Crippen LogP contribution in [0.2, 0.25) is 0 Å². The lowest BCUT2D eigenvalue weighted by Crippen LogP contribution is -2.50. The minimum absolute atomic E-state index is 0.0164. The molecule has 5 rings (SSSR count). The highest BCUT2D eigenvalue weighted by Crippen LogP contribution is 2.40. The van der Waals surface area contributed by atoms with E-state index in [2.05, 4.69) is 50.1 Å². The third-order valence-corrected chi connectivity index (χ3v) is 8.63. The number of anilines is 3. The molecule has 12 nitrogen and oxygen atoms in total. The van der Waals surface area contributed by atoms with Crippen molar-refractivity contribution in [3.05, 3.63) is 41.0 Å². The van der Waals surface area contributed by atoms with Crippen molar-refractivity contribution in [1.29, 1.82) is 0 Å². The van der Waals surface area contributed by atoms with Crippen molar-refractivity contribution in [3.8, 4) is 16.3 Å². The second-order valence-corrected chi connectivity index (χ2v) is 13.5. The third-order valence-electron chi connectivity index (χ3n) is 7.61. The first-order valence-electron chi connectivity index (χ1n) is 14.8. The molecule has 0 unspecified atom stereocenters. The summed E-state index contributed by atoms with van der Waals surface area (Å²) in [5.74, 6) is 0.152. The van der Waals surface area contributed by atoms with Crippen LogP contribution in [0.1, 0.15) is 45.8 Å². The van der Waals surface area contributed by atoms with Gasteiger partial charge in [0, 0.05) is 31.1 Å². The van der Waals surface area contributed by atoms with Crippen LogP contribution in [0, 0.1) is 5.92 Å². The number of likely N-dealkylation sites (tertiary alicyclic amines) is 1. The highest BCUT2D eigenvalue weighted by atomic mass is 32.1. The fraction of sp³-hybridized carbons (Fsp3) is 0.429. The molecule has 0 spiro atoms. The molecular weight excluding hydrogens is 577 g/mol. The van der Waals surface area contributed by atoms with Gasteiger partial charge in [-0.05, 0) is 57.1 Å². The molecule has 228 valence electrons. The van der Waals surface area contributed by atoms with Crippen LogP contribution in [0.3, 0.4) is 0 Å². The lowest BCUT2D eigenvalue weighted by Gasteiger charge is -2.34. The molecule has 1 saturated carbocycles. The molecule has 0 atom stereocenters. The lowest BCUT2D eigenvalue weighted by molar-refractivity contribution is -0.117. The number of carbonyl (C=O) groups is 3. The number of ether oxygens (including phenoxy) is 1. The molecule has 0 bridgehead atoms. The van der Waals surface area contributed by atoms with Crippen LogP contribution in [-0.2, 0) is 4.79 Å². The number of para-hydroxylation sites is 1. The molecule has 3 aromatic rings. The SMILES string of the molecule is BC(B)(B)NC(=O)c1nnc(NC(=O)C2CC2)cc1Nc1cccc(-c2ncc(C(=O)N3CCC(N(C)C)CC3)s2)c1OC. The normalized spacial score (nSPS) is 15.6. The summed E-state index contributed by atoms with van der Waals surface area (Å²) in [5.41, 5.74) is 1.66. The van der Waals surface area contributed by atoms with E-state index in [0.717, 1.165) is 25.7 Å². The van der Waals surface area contributed by atoms with Crippen molar-refractivity contribution in [2.24, 2.45) is 5.92 Å². The third kappa shape index (κ3) is 7.41. The highest BCUT2D eigenvalue weighted by Gasteiger charge is 2.31. The van der Waals surface area contributed by atoms with Crippen LogP contribution >= 0.6 is 11.3 Å². The summed E-state index contributed by atoms with van der Waals surface area (Å²) in [6.45, 7) is 1.43. The molecular formula is C28H37B3N8O4S. The first-order valence-corrected chi connectivity index (χ1v) is 15.6. The van der Waals surface area contributed by atoms with Crippen LogP contribution < -0.4 is 20.7 Å². The average molecular weight is 614 g/mol. The maximum atomic E-state index is 13.3. The number of thiazole rings is 1. The fourth-order valence-electron chi connectivity index (χ4n) is 5.10. The Labute approximate surface area is 263 Å². The summed E-state index contributed by atoms with van der Waals surface area (Å²) in [4.78, 5) is 48.2. The Balaban J connectivity index is 1.41. The summed E-state index contributed by atoms with van der Waals surface area (Å²) in [6, 6.07) is 7.60. The van der Waals surface area contributed by atoms with Crippen LogP contribution in [0.4, 0.5) is 17.2 Å². The molecule has 1 aromatic carbocycles. The van der Waals surface area contributed by atoms with E-state index in [1.165, 1.54) is 11.3 Å². The molecule has 3 heterocycles. The van der Waals surface area contributed by atoms with Gasteiger partial charge in [-0.25, -0.2) is 4.98 Å². The molecule has 16 heteroatoms. The first kappa shape index (κ1) is 31.5. The number of aromatic nitrogens is 3. The number of nitrogens with zero attached hydrogens (tertiary/aromatic N) is 5. The van der Waals surface area contributed by atoms with Crippen molar-refractivity contribution in [3.63, 3.8) is 0 Å². The summed E-state index contributed by atoms with van der Waals surface area (Å²) in [5, 5.41) is 17.4. The maximum absolute atomic E-state index is 13.3. The van der Waals surface area contributed by atoms with Gasteiger partial charge in [-0.3, -0.25) is 14.4 Å². The van der Waals surface area contributed by atoms with Gasteiger partial charge < -0.3 is 30.5 Å². The number of nitrogens with one attached hydrogen (secondary N) is 3. The Bertz CT molecular complexity index is 1550. The molecule has 1 saturated heterocycles. The molecule has 1 aliphatic carbocycles. The van der Waals surface area contributed by atoms with Gasteiger partial charge in [-0.15, -0.1) is 21.5 Å². The number of amides is 3. The highest BCUT2D eigenvalue weighted by molar-refractivity contribution is 7.17. The Morgan fingerprint density at radius 2 is 1.80 bits per heavy atom. The zero-order valence-electron chi connectivity index (χ0n) is 26.1. The van der Waals surface area contributed by atoms with Crippen molar-refractivity contribution >= 4 is 69.8 Å². The Kier molecular flexibility index (Phi) is 9.30. The van der Waals surface area contributed by atoms with Crippen LogP contribution in [0.25, 0.3) is 10.6 Å². The predicted molar refractivity (Wildman–Crippen MR) is 179 cm³/mol. The molecule has 2 fully saturated rings. The minimum atomic E-state index is -0.505. The Morgan fingerprint density at radius 3 is 2.43 bits per heavy atom. The van der Waals surface area contributed by atoms with Gasteiger partial charge in [0.05, 0.1) is 30.2 Å². The van der Waals surface area contributed by atoms with E-state index in [4.69, 9.17) is 4.74 Å². The summed E-state index contributed by atoms with van der Waals surface area (Å²) in [6.07, 6.45) is 5.20. The number of hydrogen-bond donors (Lipinski definition) is 3. The van der Waals surface area contributed by atoms with Gasteiger partial charge in [0.25, 0.3) is 11.8 Å². The van der Waals surface area contributed by atoms with E-state index in [-0.39, 0.29) is 29.2 Å². The number of hydrogen-bond acceptors (Lipinski definition) is 10. The number of methoxy groups -OCH3 is 1. The summed E-state index contributed by atoms with van der Waals surface area (Å²) >= 11 is 1.32. The van der Waals surface area contributed by atoms with Crippen molar-refractivity contribution in [2.75, 3.05) is 44.9 Å². The Morgan fingerprint density at radius 1 is 1.07 bits per heavy atom. The van der Waals surface area contributed by atoms with Crippen LogP contribution in [0.15, 0.2) is 30.5 Å². The summed E-state index contributed by atoms with van der Waals surface area (Å²) < 4.78 is 5.84. The van der Waals surface area contributed by atoms with E-state index < -0.39 is 11.1 Å².